The van der Waals surface area contributed by atoms with Gasteiger partial charge >= 0.3 is 0 Å². The second-order valence-corrected chi connectivity index (χ2v) is 6.92. The summed E-state index contributed by atoms with van der Waals surface area (Å²) in [7, 11) is 3.35. The Morgan fingerprint density at radius 3 is 2.43 bits per heavy atom. The van der Waals surface area contributed by atoms with E-state index in [-0.39, 0.29) is 12.4 Å². The van der Waals surface area contributed by atoms with Crippen LogP contribution in [0.3, 0.4) is 0 Å². The van der Waals surface area contributed by atoms with Gasteiger partial charge in [0.05, 0.1) is 20.8 Å². The lowest BCUT2D eigenvalue weighted by molar-refractivity contribution is 0.414. The molecule has 0 radical (unpaired) electrons. The third kappa shape index (κ3) is 4.18. The number of pyridine rings is 1. The van der Waals surface area contributed by atoms with Crippen molar-refractivity contribution in [2.75, 3.05) is 19.1 Å². The number of methoxy groups -OCH3 is 2. The summed E-state index contributed by atoms with van der Waals surface area (Å²) >= 11 is 1.57. The van der Waals surface area contributed by atoms with Crippen molar-refractivity contribution in [1.82, 2.24) is 9.97 Å². The lowest BCUT2D eigenvalue weighted by Crippen LogP contribution is -2.16. The zero-order valence-electron chi connectivity index (χ0n) is 15.5. The summed E-state index contributed by atoms with van der Waals surface area (Å²) in [6, 6.07) is 20.0. The molecule has 0 bridgehead atoms. The molecule has 144 valence electrons. The molecule has 0 N–H and O–H groups in total. The van der Waals surface area contributed by atoms with Gasteiger partial charge in [0.25, 0.3) is 0 Å². The molecule has 0 aliphatic carbocycles. The van der Waals surface area contributed by atoms with E-state index in [1.165, 1.54) is 0 Å². The molecule has 4 aromatic rings. The van der Waals surface area contributed by atoms with Crippen LogP contribution in [0.5, 0.6) is 11.5 Å². The Bertz CT molecular complexity index is 1040. The van der Waals surface area contributed by atoms with Crippen LogP contribution in [0.1, 0.15) is 5.56 Å². The number of ether oxygens (including phenoxy) is 2. The Morgan fingerprint density at radius 1 is 0.929 bits per heavy atom. The first-order valence-corrected chi connectivity index (χ1v) is 9.34. The highest BCUT2D eigenvalue weighted by Crippen LogP contribution is 2.35. The number of halogens is 1. The van der Waals surface area contributed by atoms with E-state index in [0.717, 1.165) is 38.2 Å². The highest BCUT2D eigenvalue weighted by molar-refractivity contribution is 7.21. The Labute approximate surface area is 174 Å². The molecule has 0 aliphatic heterocycles. The first-order chi connectivity index (χ1) is 13.3. The zero-order chi connectivity index (χ0) is 18.6. The predicted octanol–water partition coefficient (Wildman–Crippen LogP) is 5.47. The maximum absolute atomic E-state index is 5.41. The van der Waals surface area contributed by atoms with Gasteiger partial charge < -0.3 is 14.4 Å². The summed E-state index contributed by atoms with van der Waals surface area (Å²) in [6.07, 6.45) is 1.79. The molecule has 0 aliphatic rings. The molecule has 0 saturated carbocycles. The molecule has 2 aromatic heterocycles. The smallest absolute Gasteiger partial charge is 0.192 e. The molecule has 0 amide bonds. The summed E-state index contributed by atoms with van der Waals surface area (Å²) in [5.41, 5.74) is 3.04. The van der Waals surface area contributed by atoms with E-state index < -0.39 is 0 Å². The van der Waals surface area contributed by atoms with E-state index in [4.69, 9.17) is 14.5 Å². The van der Waals surface area contributed by atoms with Crippen LogP contribution in [0.2, 0.25) is 0 Å². The van der Waals surface area contributed by atoms with Gasteiger partial charge in [-0.1, -0.05) is 29.5 Å². The number of hydrogen-bond donors (Lipinski definition) is 0. The Hall–Kier alpha value is -2.83. The van der Waals surface area contributed by atoms with Gasteiger partial charge in [-0.3, -0.25) is 0 Å². The van der Waals surface area contributed by atoms with Gasteiger partial charge in [0.15, 0.2) is 5.13 Å². The van der Waals surface area contributed by atoms with Gasteiger partial charge in [-0.15, -0.1) is 12.4 Å². The van der Waals surface area contributed by atoms with Crippen molar-refractivity contribution >= 4 is 44.9 Å². The molecular formula is C21H20ClN3O2S. The van der Waals surface area contributed by atoms with Crippen LogP contribution in [-0.4, -0.2) is 24.2 Å². The normalized spacial score (nSPS) is 10.4. The Morgan fingerprint density at radius 2 is 1.68 bits per heavy atom. The van der Waals surface area contributed by atoms with Crippen LogP contribution in [0.25, 0.3) is 10.3 Å². The molecule has 28 heavy (non-hydrogen) atoms. The number of benzene rings is 2. The summed E-state index contributed by atoms with van der Waals surface area (Å²) < 4.78 is 10.8. The number of anilines is 2. The largest absolute Gasteiger partial charge is 0.497 e. The van der Waals surface area contributed by atoms with Gasteiger partial charge in [-0.05, 0) is 42.0 Å². The molecule has 0 unspecified atom stereocenters. The summed E-state index contributed by atoms with van der Waals surface area (Å²) in [5, 5.41) is 0.889. The van der Waals surface area contributed by atoms with E-state index in [1.807, 2.05) is 48.5 Å². The number of thiazole rings is 1. The molecule has 2 aromatic carbocycles. The highest BCUT2D eigenvalue weighted by atomic mass is 35.5. The van der Waals surface area contributed by atoms with E-state index in [0.29, 0.717) is 6.54 Å². The van der Waals surface area contributed by atoms with Gasteiger partial charge in [0.2, 0.25) is 0 Å². The average molecular weight is 414 g/mol. The number of fused-ring (bicyclic) bond motifs is 1. The Balaban J connectivity index is 0.00000225. The summed E-state index contributed by atoms with van der Waals surface area (Å²) in [4.78, 5) is 12.3. The van der Waals surface area contributed by atoms with Crippen molar-refractivity contribution in [3.05, 3.63) is 72.4 Å². The lowest BCUT2D eigenvalue weighted by atomic mass is 10.2. The maximum Gasteiger partial charge on any atom is 0.192 e. The first-order valence-electron chi connectivity index (χ1n) is 8.53. The number of nitrogens with zero attached hydrogens (tertiary/aromatic N) is 3. The fourth-order valence-electron chi connectivity index (χ4n) is 2.87. The number of rotatable bonds is 6. The van der Waals surface area contributed by atoms with E-state index in [2.05, 4.69) is 22.0 Å². The third-order valence-electron chi connectivity index (χ3n) is 4.23. The lowest BCUT2D eigenvalue weighted by Gasteiger charge is -2.22. The molecule has 4 rings (SSSR count). The fourth-order valence-corrected chi connectivity index (χ4v) is 3.80. The SMILES string of the molecule is COc1cccc(CN(c2cccc(OC)c2)c2nc3cccnc3s2)c1.Cl. The zero-order valence-corrected chi connectivity index (χ0v) is 17.2. The minimum Gasteiger partial charge on any atom is -0.497 e. The molecule has 0 atom stereocenters. The van der Waals surface area contributed by atoms with Crippen LogP contribution >= 0.6 is 23.7 Å². The molecular weight excluding hydrogens is 394 g/mol. The molecule has 0 fully saturated rings. The minimum atomic E-state index is 0. The first kappa shape index (κ1) is 19.9. The molecule has 5 nitrogen and oxygen atoms in total. The van der Waals surface area contributed by atoms with Gasteiger partial charge in [0, 0.05) is 18.0 Å². The van der Waals surface area contributed by atoms with Crippen molar-refractivity contribution in [2.24, 2.45) is 0 Å². The van der Waals surface area contributed by atoms with Crippen molar-refractivity contribution in [1.29, 1.82) is 0 Å². The van der Waals surface area contributed by atoms with Crippen molar-refractivity contribution in [2.45, 2.75) is 6.54 Å². The predicted molar refractivity (Wildman–Crippen MR) is 116 cm³/mol. The minimum absolute atomic E-state index is 0. The summed E-state index contributed by atoms with van der Waals surface area (Å²) in [5.74, 6) is 1.64. The van der Waals surface area contributed by atoms with E-state index >= 15 is 0 Å². The molecule has 0 saturated heterocycles. The maximum atomic E-state index is 5.41. The van der Waals surface area contributed by atoms with E-state index in [9.17, 15) is 0 Å². The van der Waals surface area contributed by atoms with Gasteiger partial charge in [0.1, 0.15) is 21.8 Å². The fraction of sp³-hybridized carbons (Fsp3) is 0.143. The molecule has 2 heterocycles. The van der Waals surface area contributed by atoms with Crippen molar-refractivity contribution in [3.63, 3.8) is 0 Å². The quantitative estimate of drug-likeness (QED) is 0.419. The molecule has 7 heteroatoms. The van der Waals surface area contributed by atoms with Crippen molar-refractivity contribution in [3.8, 4) is 11.5 Å². The topological polar surface area (TPSA) is 47.5 Å². The Kier molecular flexibility index (Phi) is 6.34. The standard InChI is InChI=1S/C21H19N3O2S.ClH/c1-25-17-8-3-6-15(12-17)14-24(16-7-4-9-18(13-16)26-2)21-23-19-10-5-11-22-20(19)27-21;/h3-13H,14H2,1-2H3;1H. The molecule has 0 spiro atoms. The van der Waals surface area contributed by atoms with Gasteiger partial charge in [-0.2, -0.15) is 0 Å². The second kappa shape index (κ2) is 8.91. The third-order valence-corrected chi connectivity index (χ3v) is 5.23. The van der Waals surface area contributed by atoms with Gasteiger partial charge in [-0.25, -0.2) is 9.97 Å². The van der Waals surface area contributed by atoms with Crippen LogP contribution < -0.4 is 14.4 Å². The number of hydrogen-bond acceptors (Lipinski definition) is 6. The average Bonchev–Trinajstić information content (AvgIpc) is 3.16. The highest BCUT2D eigenvalue weighted by Gasteiger charge is 2.16. The van der Waals surface area contributed by atoms with Crippen LogP contribution in [0.15, 0.2) is 66.9 Å². The van der Waals surface area contributed by atoms with E-state index in [1.54, 1.807) is 31.8 Å². The number of aromatic nitrogens is 2. The van der Waals surface area contributed by atoms with Crippen LogP contribution in [-0.2, 0) is 6.54 Å². The monoisotopic (exact) mass is 413 g/mol. The van der Waals surface area contributed by atoms with Crippen LogP contribution in [0, 0.1) is 0 Å². The van der Waals surface area contributed by atoms with Crippen LogP contribution in [0.4, 0.5) is 10.8 Å². The second-order valence-electron chi connectivity index (χ2n) is 5.96. The van der Waals surface area contributed by atoms with Crippen molar-refractivity contribution < 1.29 is 9.47 Å². The summed E-state index contributed by atoms with van der Waals surface area (Å²) in [6.45, 7) is 0.657.